The van der Waals surface area contributed by atoms with E-state index in [1.54, 1.807) is 18.5 Å². The van der Waals surface area contributed by atoms with E-state index >= 15 is 0 Å². The minimum Gasteiger partial charge on any atom is -0.352 e. The van der Waals surface area contributed by atoms with Crippen molar-refractivity contribution in [2.45, 2.75) is 12.8 Å². The molecule has 0 aromatic carbocycles. The van der Waals surface area contributed by atoms with Gasteiger partial charge in [-0.15, -0.1) is 0 Å². The molecule has 0 saturated heterocycles. The molecule has 4 nitrogen and oxygen atoms in total. The Morgan fingerprint density at radius 3 is 2.82 bits per heavy atom. The molecular formula is C12H18BrN3O. The zero-order valence-electron chi connectivity index (χ0n) is 10.2. The summed E-state index contributed by atoms with van der Waals surface area (Å²) in [6.45, 7) is 1.76. The Hall–Kier alpha value is -0.940. The Morgan fingerprint density at radius 2 is 2.18 bits per heavy atom. The van der Waals surface area contributed by atoms with Crippen molar-refractivity contribution in [3.63, 3.8) is 0 Å². The number of amides is 1. The second-order valence-electron chi connectivity index (χ2n) is 4.16. The summed E-state index contributed by atoms with van der Waals surface area (Å²) in [4.78, 5) is 17.8. The Kier molecular flexibility index (Phi) is 6.15. The molecule has 5 heteroatoms. The lowest BCUT2D eigenvalue weighted by molar-refractivity contribution is 0.0952. The minimum absolute atomic E-state index is 0.0661. The van der Waals surface area contributed by atoms with Crippen LogP contribution in [0.25, 0.3) is 0 Å². The Bertz CT molecular complexity index is 369. The molecule has 0 atom stereocenters. The lowest BCUT2D eigenvalue weighted by Crippen LogP contribution is -2.25. The first-order chi connectivity index (χ1) is 8.09. The summed E-state index contributed by atoms with van der Waals surface area (Å²) in [5.74, 6) is -0.0661. The molecule has 0 fully saturated rings. The molecule has 17 heavy (non-hydrogen) atoms. The number of hydrogen-bond donors (Lipinski definition) is 1. The van der Waals surface area contributed by atoms with Crippen LogP contribution >= 0.6 is 15.9 Å². The monoisotopic (exact) mass is 299 g/mol. The van der Waals surface area contributed by atoms with Gasteiger partial charge in [-0.25, -0.2) is 0 Å². The number of nitrogens with one attached hydrogen (secondary N) is 1. The highest BCUT2D eigenvalue weighted by Gasteiger charge is 2.05. The fourth-order valence-corrected chi connectivity index (χ4v) is 1.76. The van der Waals surface area contributed by atoms with Gasteiger partial charge in [0.2, 0.25) is 0 Å². The molecule has 0 aliphatic heterocycles. The van der Waals surface area contributed by atoms with Gasteiger partial charge in [0.05, 0.1) is 5.56 Å². The van der Waals surface area contributed by atoms with Crippen molar-refractivity contribution in [1.82, 2.24) is 15.2 Å². The average Bonchev–Trinajstić information content (AvgIpc) is 2.28. The maximum absolute atomic E-state index is 11.7. The van der Waals surface area contributed by atoms with Crippen molar-refractivity contribution < 1.29 is 4.79 Å². The molecule has 0 radical (unpaired) electrons. The van der Waals surface area contributed by atoms with Crippen molar-refractivity contribution in [1.29, 1.82) is 0 Å². The van der Waals surface area contributed by atoms with E-state index in [1.807, 2.05) is 14.1 Å². The SMILES string of the molecule is CN(C)CCCCNC(=O)c1cncc(Br)c1. The summed E-state index contributed by atoms with van der Waals surface area (Å²) in [7, 11) is 4.09. The van der Waals surface area contributed by atoms with Crippen LogP contribution < -0.4 is 5.32 Å². The molecular weight excluding hydrogens is 282 g/mol. The first-order valence-electron chi connectivity index (χ1n) is 5.63. The van der Waals surface area contributed by atoms with E-state index in [0.29, 0.717) is 12.1 Å². The van der Waals surface area contributed by atoms with Crippen LogP contribution in [-0.4, -0.2) is 43.0 Å². The summed E-state index contributed by atoms with van der Waals surface area (Å²) in [5.41, 5.74) is 0.590. The van der Waals surface area contributed by atoms with Crippen molar-refractivity contribution in [2.24, 2.45) is 0 Å². The smallest absolute Gasteiger partial charge is 0.252 e. The number of carbonyl (C=O) groups is 1. The topological polar surface area (TPSA) is 45.2 Å². The first-order valence-corrected chi connectivity index (χ1v) is 6.42. The van der Waals surface area contributed by atoms with Gasteiger partial charge in [0, 0.05) is 23.4 Å². The van der Waals surface area contributed by atoms with E-state index < -0.39 is 0 Å². The first kappa shape index (κ1) is 14.1. The third-order valence-corrected chi connectivity index (χ3v) is 2.72. The molecule has 1 aromatic heterocycles. The zero-order valence-corrected chi connectivity index (χ0v) is 11.8. The van der Waals surface area contributed by atoms with Crippen LogP contribution in [-0.2, 0) is 0 Å². The van der Waals surface area contributed by atoms with Crippen LogP contribution in [0.15, 0.2) is 22.9 Å². The molecule has 0 bridgehead atoms. The lowest BCUT2D eigenvalue weighted by Gasteiger charge is -2.09. The number of nitrogens with zero attached hydrogens (tertiary/aromatic N) is 2. The standard InChI is InChI=1S/C12H18BrN3O/c1-16(2)6-4-3-5-15-12(17)10-7-11(13)9-14-8-10/h7-9H,3-6H2,1-2H3,(H,15,17). The number of pyridine rings is 1. The number of hydrogen-bond acceptors (Lipinski definition) is 3. The Balaban J connectivity index is 2.26. The van der Waals surface area contributed by atoms with Crippen LogP contribution in [0.1, 0.15) is 23.2 Å². The van der Waals surface area contributed by atoms with Gasteiger partial charge >= 0.3 is 0 Å². The molecule has 94 valence electrons. The van der Waals surface area contributed by atoms with Crippen molar-refractivity contribution in [3.8, 4) is 0 Å². The van der Waals surface area contributed by atoms with E-state index in [1.165, 1.54) is 0 Å². The summed E-state index contributed by atoms with van der Waals surface area (Å²) in [6.07, 6.45) is 5.31. The number of carbonyl (C=O) groups excluding carboxylic acids is 1. The lowest BCUT2D eigenvalue weighted by atomic mass is 10.2. The molecule has 1 N–H and O–H groups in total. The predicted octanol–water partition coefficient (Wildman–Crippen LogP) is 1.92. The molecule has 1 aromatic rings. The van der Waals surface area contributed by atoms with Gasteiger partial charge in [-0.05, 0) is 55.5 Å². The second-order valence-corrected chi connectivity index (χ2v) is 5.07. The van der Waals surface area contributed by atoms with Crippen LogP contribution in [0.3, 0.4) is 0 Å². The molecule has 1 amide bonds. The molecule has 0 aliphatic rings. The number of aromatic nitrogens is 1. The minimum atomic E-state index is -0.0661. The maximum Gasteiger partial charge on any atom is 0.252 e. The van der Waals surface area contributed by atoms with Gasteiger partial charge in [-0.1, -0.05) is 0 Å². The highest BCUT2D eigenvalue weighted by molar-refractivity contribution is 9.10. The third kappa shape index (κ3) is 5.79. The van der Waals surface area contributed by atoms with Crippen molar-refractivity contribution >= 4 is 21.8 Å². The van der Waals surface area contributed by atoms with Crippen molar-refractivity contribution in [3.05, 3.63) is 28.5 Å². The quantitative estimate of drug-likeness (QED) is 0.816. The fraction of sp³-hybridized carbons (Fsp3) is 0.500. The van der Waals surface area contributed by atoms with E-state index in [2.05, 4.69) is 31.1 Å². The molecule has 0 unspecified atom stereocenters. The summed E-state index contributed by atoms with van der Waals surface area (Å²) >= 11 is 3.29. The number of halogens is 1. The van der Waals surface area contributed by atoms with Gasteiger partial charge in [0.25, 0.3) is 5.91 Å². The molecule has 0 spiro atoms. The summed E-state index contributed by atoms with van der Waals surface area (Å²) in [5, 5.41) is 2.88. The van der Waals surface area contributed by atoms with Crippen LogP contribution in [0.4, 0.5) is 0 Å². The molecule has 0 aliphatic carbocycles. The van der Waals surface area contributed by atoms with E-state index in [-0.39, 0.29) is 5.91 Å². The number of unbranched alkanes of at least 4 members (excludes halogenated alkanes) is 1. The van der Waals surface area contributed by atoms with Gasteiger partial charge < -0.3 is 10.2 Å². The summed E-state index contributed by atoms with van der Waals surface area (Å²) in [6, 6.07) is 1.77. The fourth-order valence-electron chi connectivity index (χ4n) is 1.39. The predicted molar refractivity (Wildman–Crippen MR) is 72.1 cm³/mol. The van der Waals surface area contributed by atoms with Gasteiger partial charge in [0.1, 0.15) is 0 Å². The maximum atomic E-state index is 11.7. The second kappa shape index (κ2) is 7.40. The largest absolute Gasteiger partial charge is 0.352 e. The highest BCUT2D eigenvalue weighted by Crippen LogP contribution is 2.09. The normalized spacial score (nSPS) is 10.6. The van der Waals surface area contributed by atoms with Gasteiger partial charge in [-0.2, -0.15) is 0 Å². The molecule has 0 saturated carbocycles. The molecule has 1 rings (SSSR count). The zero-order chi connectivity index (χ0) is 12.7. The third-order valence-electron chi connectivity index (χ3n) is 2.28. The molecule has 1 heterocycles. The van der Waals surface area contributed by atoms with E-state index in [4.69, 9.17) is 0 Å². The number of rotatable bonds is 6. The Morgan fingerprint density at radius 1 is 1.41 bits per heavy atom. The Labute approximate surface area is 111 Å². The summed E-state index contributed by atoms with van der Waals surface area (Å²) < 4.78 is 0.817. The average molecular weight is 300 g/mol. The van der Waals surface area contributed by atoms with Crippen LogP contribution in [0.5, 0.6) is 0 Å². The van der Waals surface area contributed by atoms with E-state index in [0.717, 1.165) is 23.9 Å². The van der Waals surface area contributed by atoms with Crippen LogP contribution in [0.2, 0.25) is 0 Å². The van der Waals surface area contributed by atoms with Crippen LogP contribution in [0, 0.1) is 0 Å². The van der Waals surface area contributed by atoms with E-state index in [9.17, 15) is 4.79 Å². The van der Waals surface area contributed by atoms with Gasteiger partial charge in [-0.3, -0.25) is 9.78 Å². The van der Waals surface area contributed by atoms with Crippen molar-refractivity contribution in [2.75, 3.05) is 27.2 Å². The highest BCUT2D eigenvalue weighted by atomic mass is 79.9. The van der Waals surface area contributed by atoms with Gasteiger partial charge in [0.15, 0.2) is 0 Å².